The van der Waals surface area contributed by atoms with Gasteiger partial charge in [-0.2, -0.15) is 10.2 Å². The number of alkyl halides is 2. The smallest absolute Gasteiger partial charge is 0.272 e. The molecule has 4 aromatic rings. The summed E-state index contributed by atoms with van der Waals surface area (Å²) in [6.45, 7) is 0.132. The van der Waals surface area contributed by atoms with Crippen molar-refractivity contribution in [3.63, 3.8) is 0 Å². The van der Waals surface area contributed by atoms with Gasteiger partial charge in [0.05, 0.1) is 28.4 Å². The number of benzene rings is 2. The van der Waals surface area contributed by atoms with Crippen LogP contribution in [-0.4, -0.2) is 25.9 Å². The van der Waals surface area contributed by atoms with Crippen molar-refractivity contribution in [2.45, 2.75) is 50.5 Å². The summed E-state index contributed by atoms with van der Waals surface area (Å²) in [5.74, 6) is 0.299. The Labute approximate surface area is 223 Å². The lowest BCUT2D eigenvalue weighted by atomic mass is 9.69. The van der Waals surface area contributed by atoms with Gasteiger partial charge in [-0.25, -0.2) is 13.9 Å². The van der Waals surface area contributed by atoms with Gasteiger partial charge in [0.1, 0.15) is 5.82 Å². The van der Waals surface area contributed by atoms with Crippen LogP contribution in [-0.2, 0) is 23.8 Å². The van der Waals surface area contributed by atoms with Crippen LogP contribution in [0.15, 0.2) is 47.4 Å². The number of H-pyrrole nitrogens is 1. The second kappa shape index (κ2) is 9.59. The predicted molar refractivity (Wildman–Crippen MR) is 143 cm³/mol. The third kappa shape index (κ3) is 3.65. The Morgan fingerprint density at radius 2 is 1.87 bits per heavy atom. The highest BCUT2D eigenvalue weighted by Gasteiger charge is 2.54. The molecule has 6 rings (SSSR count). The molecule has 11 heteroatoms. The Balaban J connectivity index is 0.00000294. The quantitative estimate of drug-likeness (QED) is 0.377. The number of nitrogens with two attached hydrogens (primary N) is 1. The molecule has 1 aliphatic carbocycles. The number of rotatable bonds is 4. The number of nitrogens with zero attached hydrogens (tertiary/aromatic N) is 4. The van der Waals surface area contributed by atoms with E-state index in [1.54, 1.807) is 47.1 Å². The van der Waals surface area contributed by atoms with Crippen LogP contribution in [0.25, 0.3) is 21.9 Å². The van der Waals surface area contributed by atoms with Gasteiger partial charge in [-0.1, -0.05) is 37.5 Å². The first-order valence-electron chi connectivity index (χ1n) is 12.4. The van der Waals surface area contributed by atoms with E-state index in [-0.39, 0.29) is 36.0 Å². The van der Waals surface area contributed by atoms with Gasteiger partial charge in [0.15, 0.2) is 0 Å². The molecule has 0 radical (unpaired) electrons. The number of nitrogens with one attached hydrogen (secondary N) is 1. The van der Waals surface area contributed by atoms with Gasteiger partial charge >= 0.3 is 0 Å². The minimum absolute atomic E-state index is 0. The molecule has 38 heavy (non-hydrogen) atoms. The van der Waals surface area contributed by atoms with Crippen molar-refractivity contribution in [3.05, 3.63) is 69.8 Å². The van der Waals surface area contributed by atoms with Gasteiger partial charge in [-0.15, -0.1) is 12.4 Å². The van der Waals surface area contributed by atoms with E-state index in [0.717, 1.165) is 19.3 Å². The highest BCUT2D eigenvalue weighted by Crippen LogP contribution is 2.55. The zero-order valence-corrected chi connectivity index (χ0v) is 21.5. The monoisotopic (exact) mass is 540 g/mol. The number of fused-ring (bicyclic) bond motifs is 3. The molecule has 3 N–H and O–H groups in total. The summed E-state index contributed by atoms with van der Waals surface area (Å²) in [4.78, 5) is 28.2. The second-order valence-electron chi connectivity index (χ2n) is 9.79. The third-order valence-corrected chi connectivity index (χ3v) is 7.84. The highest BCUT2D eigenvalue weighted by molar-refractivity contribution is 6.14. The molecule has 0 unspecified atom stereocenters. The van der Waals surface area contributed by atoms with Gasteiger partial charge in [0.2, 0.25) is 5.91 Å². The van der Waals surface area contributed by atoms with Crippen LogP contribution in [0, 0.1) is 0 Å². The van der Waals surface area contributed by atoms with Crippen molar-refractivity contribution in [2.75, 3.05) is 4.90 Å². The summed E-state index contributed by atoms with van der Waals surface area (Å²) in [5.41, 5.74) is 7.29. The maximum Gasteiger partial charge on any atom is 0.272 e. The third-order valence-electron chi connectivity index (χ3n) is 7.84. The largest absolute Gasteiger partial charge is 0.325 e. The number of halogens is 3. The van der Waals surface area contributed by atoms with Crippen LogP contribution < -0.4 is 16.2 Å². The molecule has 198 valence electrons. The number of aryl methyl sites for hydroxylation is 1. The molecule has 0 bridgehead atoms. The van der Waals surface area contributed by atoms with Crippen molar-refractivity contribution < 1.29 is 13.6 Å². The summed E-state index contributed by atoms with van der Waals surface area (Å²) < 4.78 is 30.1. The predicted octanol–water partition coefficient (Wildman–Crippen LogP) is 5.02. The second-order valence-corrected chi connectivity index (χ2v) is 9.79. The molecule has 0 saturated heterocycles. The first kappa shape index (κ1) is 26.0. The molecule has 8 nitrogen and oxygen atoms in total. The molecular formula is C27H27ClF2N6O2. The lowest BCUT2D eigenvalue weighted by molar-refractivity contribution is -0.123. The van der Waals surface area contributed by atoms with Crippen LogP contribution in [0.5, 0.6) is 0 Å². The number of hydrogen-bond acceptors (Lipinski definition) is 5. The van der Waals surface area contributed by atoms with E-state index >= 15 is 0 Å². The number of carbonyl (C=O) groups is 1. The van der Waals surface area contributed by atoms with Crippen molar-refractivity contribution in [2.24, 2.45) is 12.8 Å². The first-order valence-corrected chi connectivity index (χ1v) is 12.4. The van der Waals surface area contributed by atoms with Crippen molar-refractivity contribution >= 4 is 40.6 Å². The molecule has 1 spiro atoms. The molecule has 1 saturated carbocycles. The number of amides is 1. The molecule has 2 aliphatic rings. The number of anilines is 2. The summed E-state index contributed by atoms with van der Waals surface area (Å²) in [6, 6.07) is 10.1. The Bertz CT molecular complexity index is 1610. The van der Waals surface area contributed by atoms with Crippen LogP contribution in [0.2, 0.25) is 0 Å². The molecule has 0 atom stereocenters. The fourth-order valence-electron chi connectivity index (χ4n) is 6.15. The van der Waals surface area contributed by atoms with E-state index in [0.29, 0.717) is 57.5 Å². The Morgan fingerprint density at radius 1 is 1.11 bits per heavy atom. The van der Waals surface area contributed by atoms with Crippen LogP contribution >= 0.6 is 12.4 Å². The normalized spacial score (nSPS) is 16.3. The summed E-state index contributed by atoms with van der Waals surface area (Å²) in [7, 11) is 1.73. The van der Waals surface area contributed by atoms with Gasteiger partial charge in [0, 0.05) is 35.7 Å². The van der Waals surface area contributed by atoms with Gasteiger partial charge < -0.3 is 5.73 Å². The number of hydrogen-bond donors (Lipinski definition) is 2. The zero-order valence-electron chi connectivity index (χ0n) is 20.7. The fraction of sp³-hybridized carbons (Fsp3) is 0.333. The van der Waals surface area contributed by atoms with Crippen LogP contribution in [0.4, 0.5) is 20.3 Å². The fourth-order valence-corrected chi connectivity index (χ4v) is 6.15. The molecule has 2 aromatic heterocycles. The Kier molecular flexibility index (Phi) is 6.56. The van der Waals surface area contributed by atoms with E-state index in [2.05, 4.69) is 15.3 Å². The maximum atomic E-state index is 14.3. The lowest BCUT2D eigenvalue weighted by Gasteiger charge is -2.33. The molecule has 1 aliphatic heterocycles. The minimum atomic E-state index is -2.69. The minimum Gasteiger partial charge on any atom is -0.325 e. The van der Waals surface area contributed by atoms with Gasteiger partial charge in [0.25, 0.3) is 12.0 Å². The van der Waals surface area contributed by atoms with Crippen molar-refractivity contribution in [1.82, 2.24) is 20.0 Å². The van der Waals surface area contributed by atoms with E-state index in [1.165, 1.54) is 6.07 Å². The van der Waals surface area contributed by atoms with E-state index in [1.807, 2.05) is 6.07 Å². The van der Waals surface area contributed by atoms with Crippen LogP contribution in [0.3, 0.4) is 0 Å². The molecule has 2 aromatic carbocycles. The summed E-state index contributed by atoms with van der Waals surface area (Å²) in [5, 5.41) is 12.0. The number of aromatic amines is 1. The topological polar surface area (TPSA) is 110 Å². The molecule has 3 heterocycles. The molecular weight excluding hydrogens is 514 g/mol. The first-order chi connectivity index (χ1) is 17.9. The lowest BCUT2D eigenvalue weighted by Crippen LogP contribution is -2.41. The Hall–Kier alpha value is -3.63. The van der Waals surface area contributed by atoms with Gasteiger partial charge in [-0.3, -0.25) is 19.2 Å². The number of aromatic nitrogens is 4. The molecule has 1 amide bonds. The van der Waals surface area contributed by atoms with Crippen molar-refractivity contribution in [1.29, 1.82) is 0 Å². The van der Waals surface area contributed by atoms with E-state index in [9.17, 15) is 18.4 Å². The average molecular weight is 541 g/mol. The van der Waals surface area contributed by atoms with Crippen molar-refractivity contribution in [3.8, 4) is 11.1 Å². The summed E-state index contributed by atoms with van der Waals surface area (Å²) >= 11 is 0. The number of carbonyl (C=O) groups excluding carboxylic acids is 1. The Morgan fingerprint density at radius 3 is 2.58 bits per heavy atom. The van der Waals surface area contributed by atoms with Gasteiger partial charge in [-0.05, 0) is 36.6 Å². The SMILES string of the molecule is Cl.Cn1ncc(-c2ccc3c(=O)[nH]nc(CN)c3c2)c1N1C(=O)C2(CCCCC2)c2c(C(F)F)cccc21. The average Bonchev–Trinajstić information content (AvgIpc) is 3.39. The zero-order chi connectivity index (χ0) is 25.9. The summed E-state index contributed by atoms with van der Waals surface area (Å²) in [6.07, 6.45) is 2.63. The molecule has 1 fully saturated rings. The standard InChI is InChI=1S/C27H26F2N6O2.ClH/c1-34-25(19(14-31-34)15-8-9-16-18(12-15)20(13-30)32-33-24(16)36)35-21-7-5-6-17(23(28)29)22(21)27(26(35)37)10-3-2-4-11-27;/h5-9,12,14,23H,2-4,10-11,13,30H2,1H3,(H,33,36);1H. The van der Waals surface area contributed by atoms with E-state index < -0.39 is 11.8 Å². The maximum absolute atomic E-state index is 14.3. The highest BCUT2D eigenvalue weighted by atomic mass is 35.5. The van der Waals surface area contributed by atoms with Crippen LogP contribution in [0.1, 0.15) is 55.4 Å². The van der Waals surface area contributed by atoms with E-state index in [4.69, 9.17) is 5.73 Å².